The standard InChI is InChI=1S/C18H11NO8S2.2Na/c20-17-12-4-2-11(29(25,26)27)8-13(12)18(21)16(17)15-5-1-9-7-10(28(22,23)24)3-6-14(9)19-15;;/h1-8,21H,(H,22,23,24)(H,25,26,27);;/q;2*+1/p-2. The molecule has 1 N–H and O–H groups in total. The van der Waals surface area contributed by atoms with Crippen molar-refractivity contribution in [2.24, 2.45) is 0 Å². The van der Waals surface area contributed by atoms with E-state index in [0.29, 0.717) is 5.39 Å². The topological polar surface area (TPSA) is 165 Å². The molecular formula is C18H9NNa2O8S2. The Bertz CT molecular complexity index is 1480. The van der Waals surface area contributed by atoms with E-state index in [4.69, 9.17) is 0 Å². The third kappa shape index (κ3) is 4.81. The van der Waals surface area contributed by atoms with Crippen LogP contribution in [0.5, 0.6) is 0 Å². The van der Waals surface area contributed by atoms with Crippen LogP contribution < -0.4 is 59.1 Å². The van der Waals surface area contributed by atoms with Gasteiger partial charge in [-0.3, -0.25) is 4.79 Å². The second kappa shape index (κ2) is 9.02. The smallest absolute Gasteiger partial charge is 0.744 e. The molecule has 0 fully saturated rings. The molecule has 0 saturated carbocycles. The summed E-state index contributed by atoms with van der Waals surface area (Å²) in [4.78, 5) is 15.9. The van der Waals surface area contributed by atoms with Crippen LogP contribution in [0.25, 0.3) is 22.2 Å². The van der Waals surface area contributed by atoms with Crippen LogP contribution in [0.1, 0.15) is 21.6 Å². The maximum absolute atomic E-state index is 12.7. The number of pyridine rings is 1. The second-order valence-electron chi connectivity index (χ2n) is 6.22. The predicted molar refractivity (Wildman–Crippen MR) is 97.9 cm³/mol. The number of rotatable bonds is 3. The summed E-state index contributed by atoms with van der Waals surface area (Å²) in [6, 6.07) is 9.32. The van der Waals surface area contributed by atoms with Crippen molar-refractivity contribution < 1.29 is 95.0 Å². The summed E-state index contributed by atoms with van der Waals surface area (Å²) in [5.41, 5.74) is 0.0429. The average Bonchev–Trinajstić information content (AvgIpc) is 2.90. The van der Waals surface area contributed by atoms with Gasteiger partial charge in [0.1, 0.15) is 26.0 Å². The van der Waals surface area contributed by atoms with Crippen LogP contribution in [0.2, 0.25) is 0 Å². The molecule has 13 heteroatoms. The van der Waals surface area contributed by atoms with Crippen LogP contribution in [0.4, 0.5) is 0 Å². The maximum Gasteiger partial charge on any atom is 1.00 e. The van der Waals surface area contributed by atoms with Crippen molar-refractivity contribution >= 4 is 48.3 Å². The summed E-state index contributed by atoms with van der Waals surface area (Å²) in [5, 5.41) is 10.8. The zero-order valence-corrected chi connectivity index (χ0v) is 21.8. The Morgan fingerprint density at radius 3 is 1.97 bits per heavy atom. The van der Waals surface area contributed by atoms with E-state index >= 15 is 0 Å². The summed E-state index contributed by atoms with van der Waals surface area (Å²) in [6.07, 6.45) is 0. The number of hydrogen-bond donors (Lipinski definition) is 1. The molecule has 1 aliphatic carbocycles. The van der Waals surface area contributed by atoms with Crippen LogP contribution in [-0.2, 0) is 20.2 Å². The van der Waals surface area contributed by atoms with Crippen LogP contribution in [-0.4, -0.2) is 41.8 Å². The van der Waals surface area contributed by atoms with E-state index < -0.39 is 41.6 Å². The summed E-state index contributed by atoms with van der Waals surface area (Å²) in [7, 11) is -9.42. The number of allylic oxidation sites excluding steroid dienone is 1. The van der Waals surface area contributed by atoms with Gasteiger partial charge >= 0.3 is 59.1 Å². The van der Waals surface area contributed by atoms with Gasteiger partial charge in [-0.25, -0.2) is 21.8 Å². The molecule has 0 atom stereocenters. The van der Waals surface area contributed by atoms with Gasteiger partial charge in [0.05, 0.1) is 26.6 Å². The Hall–Kier alpha value is -1.12. The number of carbonyl (C=O) groups is 1. The van der Waals surface area contributed by atoms with Gasteiger partial charge in [0, 0.05) is 16.5 Å². The first kappa shape index (κ1) is 26.1. The summed E-state index contributed by atoms with van der Waals surface area (Å²) >= 11 is 0. The van der Waals surface area contributed by atoms with E-state index in [1.54, 1.807) is 0 Å². The first-order valence-corrected chi connectivity index (χ1v) is 10.7. The third-order valence-corrected chi connectivity index (χ3v) is 6.11. The molecule has 0 bridgehead atoms. The Kier molecular flexibility index (Phi) is 7.61. The molecule has 0 amide bonds. The van der Waals surface area contributed by atoms with Gasteiger partial charge in [-0.15, -0.1) is 0 Å². The van der Waals surface area contributed by atoms with Crippen molar-refractivity contribution in [3.63, 3.8) is 0 Å². The van der Waals surface area contributed by atoms with Crippen molar-refractivity contribution in [3.8, 4) is 0 Å². The minimum absolute atomic E-state index is 0. The molecular weight excluding hydrogens is 468 g/mol. The van der Waals surface area contributed by atoms with Crippen LogP contribution >= 0.6 is 0 Å². The van der Waals surface area contributed by atoms with Gasteiger partial charge in [-0.1, -0.05) is 6.07 Å². The minimum atomic E-state index is -4.78. The average molecular weight is 477 g/mol. The maximum atomic E-state index is 12.7. The number of aliphatic hydroxyl groups is 1. The molecule has 3 aromatic rings. The van der Waals surface area contributed by atoms with Crippen LogP contribution in [0.15, 0.2) is 58.3 Å². The van der Waals surface area contributed by atoms with E-state index in [2.05, 4.69) is 4.98 Å². The van der Waals surface area contributed by atoms with E-state index in [-0.39, 0.29) is 87.0 Å². The van der Waals surface area contributed by atoms with Gasteiger partial charge < -0.3 is 14.2 Å². The summed E-state index contributed by atoms with van der Waals surface area (Å²) in [6.45, 7) is 0. The summed E-state index contributed by atoms with van der Waals surface area (Å²) in [5.74, 6) is -1.14. The molecule has 1 heterocycles. The van der Waals surface area contributed by atoms with E-state index in [1.165, 1.54) is 18.2 Å². The number of benzene rings is 2. The van der Waals surface area contributed by atoms with Gasteiger partial charge in [0.15, 0.2) is 5.78 Å². The molecule has 4 rings (SSSR count). The second-order valence-corrected chi connectivity index (χ2v) is 8.98. The molecule has 9 nitrogen and oxygen atoms in total. The van der Waals surface area contributed by atoms with Crippen molar-refractivity contribution in [1.29, 1.82) is 0 Å². The Morgan fingerprint density at radius 1 is 0.774 bits per heavy atom. The summed E-state index contributed by atoms with van der Waals surface area (Å²) < 4.78 is 67.0. The third-order valence-electron chi connectivity index (χ3n) is 4.45. The monoisotopic (exact) mass is 477 g/mol. The fraction of sp³-hybridized carbons (Fsp3) is 0. The van der Waals surface area contributed by atoms with Crippen LogP contribution in [0.3, 0.4) is 0 Å². The first-order chi connectivity index (χ1) is 13.5. The van der Waals surface area contributed by atoms with Crippen LogP contribution in [0, 0.1) is 0 Å². The molecule has 0 radical (unpaired) electrons. The molecule has 31 heavy (non-hydrogen) atoms. The van der Waals surface area contributed by atoms with Gasteiger partial charge in [0.25, 0.3) is 0 Å². The molecule has 0 saturated heterocycles. The fourth-order valence-corrected chi connectivity index (χ4v) is 4.09. The molecule has 0 aliphatic heterocycles. The Labute approximate surface area is 221 Å². The number of aromatic nitrogens is 1. The number of Topliss-reactive ketones (excluding diaryl/α,β-unsaturated/α-hetero) is 1. The quantitative estimate of drug-likeness (QED) is 0.290. The van der Waals surface area contributed by atoms with E-state index in [1.807, 2.05) is 0 Å². The van der Waals surface area contributed by atoms with E-state index in [0.717, 1.165) is 30.3 Å². The molecule has 2 aromatic carbocycles. The van der Waals surface area contributed by atoms with Crippen molar-refractivity contribution in [2.45, 2.75) is 9.79 Å². The molecule has 0 unspecified atom stereocenters. The zero-order valence-electron chi connectivity index (χ0n) is 16.2. The number of ketones is 1. The van der Waals surface area contributed by atoms with Crippen molar-refractivity contribution in [2.75, 3.05) is 0 Å². The SMILES string of the molecule is O=C1C(c2ccc3cc(S(=O)(=O)[O-])ccc3n2)=C(O)c2cc(S(=O)(=O)[O-])ccc21.[Na+].[Na+]. The predicted octanol–water partition coefficient (Wildman–Crippen LogP) is -4.33. The molecule has 0 spiro atoms. The molecule has 1 aromatic heterocycles. The normalized spacial score (nSPS) is 13.5. The zero-order chi connectivity index (χ0) is 21.1. The number of carbonyl (C=O) groups excluding carboxylic acids is 1. The fourth-order valence-electron chi connectivity index (χ4n) is 3.09. The molecule has 148 valence electrons. The number of fused-ring (bicyclic) bond motifs is 2. The Morgan fingerprint density at radius 2 is 1.35 bits per heavy atom. The van der Waals surface area contributed by atoms with Gasteiger partial charge in [-0.05, 0) is 42.5 Å². The number of nitrogens with zero attached hydrogens (tertiary/aromatic N) is 1. The molecule has 1 aliphatic rings. The first-order valence-electron chi connectivity index (χ1n) is 7.92. The Balaban J connectivity index is 0.00000171. The largest absolute Gasteiger partial charge is 1.00 e. The van der Waals surface area contributed by atoms with Crippen molar-refractivity contribution in [1.82, 2.24) is 4.98 Å². The van der Waals surface area contributed by atoms with Crippen molar-refractivity contribution in [3.05, 3.63) is 65.4 Å². The van der Waals surface area contributed by atoms with E-state index in [9.17, 15) is 35.8 Å². The number of hydrogen-bond acceptors (Lipinski definition) is 9. The van der Waals surface area contributed by atoms with Gasteiger partial charge in [-0.2, -0.15) is 0 Å². The van der Waals surface area contributed by atoms with Gasteiger partial charge in [0.2, 0.25) is 0 Å². The number of aliphatic hydroxyl groups excluding tert-OH is 1. The minimum Gasteiger partial charge on any atom is -0.744 e.